The lowest BCUT2D eigenvalue weighted by Crippen LogP contribution is -2.39. The molecule has 1 fully saturated rings. The van der Waals surface area contributed by atoms with Crippen molar-refractivity contribution in [2.24, 2.45) is 0 Å². The lowest BCUT2D eigenvalue weighted by molar-refractivity contribution is 0.0696. The minimum absolute atomic E-state index is 0.114. The van der Waals surface area contributed by atoms with E-state index in [2.05, 4.69) is 10.3 Å². The maximum Gasteiger partial charge on any atom is 0.256 e. The van der Waals surface area contributed by atoms with Gasteiger partial charge in [-0.25, -0.2) is 4.98 Å². The number of carbonyl (C=O) groups is 1. The van der Waals surface area contributed by atoms with E-state index >= 15 is 0 Å². The number of pyridine rings is 1. The summed E-state index contributed by atoms with van der Waals surface area (Å²) in [6.07, 6.45) is 3.08. The number of nitrogens with one attached hydrogen (secondary N) is 1. The number of ether oxygens (including phenoxy) is 1. The molecule has 1 aromatic rings. The van der Waals surface area contributed by atoms with Crippen molar-refractivity contribution in [2.75, 3.05) is 13.2 Å². The number of carbonyl (C=O) groups excluding carboxylic acids is 1. The predicted octanol–water partition coefficient (Wildman–Crippen LogP) is 2.30. The van der Waals surface area contributed by atoms with Crippen molar-refractivity contribution < 1.29 is 9.53 Å². The smallest absolute Gasteiger partial charge is 0.256 e. The minimum atomic E-state index is -0.278. The molecule has 1 saturated heterocycles. The number of aromatic nitrogens is 1. The van der Waals surface area contributed by atoms with Gasteiger partial charge in [0, 0.05) is 25.5 Å². The van der Waals surface area contributed by atoms with Crippen LogP contribution in [0.2, 0.25) is 10.2 Å². The summed E-state index contributed by atoms with van der Waals surface area (Å²) in [7, 11) is 0. The lowest BCUT2D eigenvalue weighted by Gasteiger charge is -2.23. The van der Waals surface area contributed by atoms with Crippen LogP contribution in [0.1, 0.15) is 23.2 Å². The zero-order valence-electron chi connectivity index (χ0n) is 9.08. The minimum Gasteiger partial charge on any atom is -0.381 e. The van der Waals surface area contributed by atoms with Crippen LogP contribution < -0.4 is 5.32 Å². The Balaban J connectivity index is 2.08. The Labute approximate surface area is 109 Å². The molecule has 0 saturated carbocycles. The quantitative estimate of drug-likeness (QED) is 0.842. The van der Waals surface area contributed by atoms with Crippen LogP contribution in [-0.2, 0) is 4.74 Å². The van der Waals surface area contributed by atoms with Gasteiger partial charge in [0.25, 0.3) is 5.91 Å². The SMILES string of the molecule is O=C(NC1CCOCC1)c1c(Cl)ccnc1Cl. The van der Waals surface area contributed by atoms with Gasteiger partial charge in [-0.05, 0) is 18.9 Å². The first kappa shape index (κ1) is 12.6. The molecular weight excluding hydrogens is 263 g/mol. The summed E-state index contributed by atoms with van der Waals surface area (Å²) in [6.45, 7) is 1.33. The molecule has 1 N–H and O–H groups in total. The van der Waals surface area contributed by atoms with Crippen LogP contribution >= 0.6 is 23.2 Å². The van der Waals surface area contributed by atoms with Gasteiger partial charge in [-0.15, -0.1) is 0 Å². The Morgan fingerprint density at radius 1 is 1.41 bits per heavy atom. The molecular formula is C11H12Cl2N2O2. The molecule has 0 aromatic carbocycles. The van der Waals surface area contributed by atoms with Crippen LogP contribution in [0.5, 0.6) is 0 Å². The molecule has 2 heterocycles. The van der Waals surface area contributed by atoms with Crippen LogP contribution in [0.25, 0.3) is 0 Å². The van der Waals surface area contributed by atoms with E-state index in [-0.39, 0.29) is 22.7 Å². The topological polar surface area (TPSA) is 51.2 Å². The summed E-state index contributed by atoms with van der Waals surface area (Å²) in [6, 6.07) is 1.66. The highest BCUT2D eigenvalue weighted by Gasteiger charge is 2.20. The van der Waals surface area contributed by atoms with Gasteiger partial charge in [-0.2, -0.15) is 0 Å². The van der Waals surface area contributed by atoms with Crippen LogP contribution in [0.4, 0.5) is 0 Å². The van der Waals surface area contributed by atoms with Gasteiger partial charge in [0.15, 0.2) is 0 Å². The van der Waals surface area contributed by atoms with Gasteiger partial charge < -0.3 is 10.1 Å². The average Bonchev–Trinajstić information content (AvgIpc) is 2.30. The number of rotatable bonds is 2. The Bertz CT molecular complexity index is 400. The Kier molecular flexibility index (Phi) is 4.20. The van der Waals surface area contributed by atoms with Gasteiger partial charge in [0.2, 0.25) is 0 Å². The molecule has 0 radical (unpaired) electrons. The van der Waals surface area contributed by atoms with Crippen LogP contribution in [0, 0.1) is 0 Å². The molecule has 0 atom stereocenters. The van der Waals surface area contributed by atoms with Crippen molar-refractivity contribution in [1.82, 2.24) is 10.3 Å². The first-order valence-corrected chi connectivity index (χ1v) is 6.12. The second-order valence-electron chi connectivity index (χ2n) is 3.82. The van der Waals surface area contributed by atoms with Crippen molar-refractivity contribution in [3.63, 3.8) is 0 Å². The number of halogens is 2. The maximum atomic E-state index is 12.0. The Hall–Kier alpha value is -0.840. The molecule has 0 bridgehead atoms. The molecule has 92 valence electrons. The van der Waals surface area contributed by atoms with E-state index in [0.29, 0.717) is 18.2 Å². The van der Waals surface area contributed by atoms with E-state index in [1.807, 2.05) is 0 Å². The highest BCUT2D eigenvalue weighted by atomic mass is 35.5. The van der Waals surface area contributed by atoms with E-state index in [0.717, 1.165) is 12.8 Å². The van der Waals surface area contributed by atoms with Gasteiger partial charge >= 0.3 is 0 Å². The first-order valence-electron chi connectivity index (χ1n) is 5.37. The highest BCUT2D eigenvalue weighted by molar-refractivity contribution is 6.38. The second kappa shape index (κ2) is 5.67. The predicted molar refractivity (Wildman–Crippen MR) is 65.6 cm³/mol. The molecule has 1 amide bonds. The number of amides is 1. The second-order valence-corrected chi connectivity index (χ2v) is 4.58. The Morgan fingerprint density at radius 3 is 2.76 bits per heavy atom. The van der Waals surface area contributed by atoms with Crippen molar-refractivity contribution >= 4 is 29.1 Å². The molecule has 0 unspecified atom stereocenters. The zero-order chi connectivity index (χ0) is 12.3. The van der Waals surface area contributed by atoms with Gasteiger partial charge in [-0.1, -0.05) is 23.2 Å². The molecule has 4 nitrogen and oxygen atoms in total. The number of hydrogen-bond donors (Lipinski definition) is 1. The molecule has 0 aliphatic carbocycles. The van der Waals surface area contributed by atoms with E-state index < -0.39 is 0 Å². The molecule has 1 aromatic heterocycles. The van der Waals surface area contributed by atoms with Gasteiger partial charge in [0.05, 0.1) is 10.6 Å². The monoisotopic (exact) mass is 274 g/mol. The van der Waals surface area contributed by atoms with Gasteiger partial charge in [0.1, 0.15) is 5.15 Å². The van der Waals surface area contributed by atoms with E-state index in [1.54, 1.807) is 6.07 Å². The van der Waals surface area contributed by atoms with Crippen molar-refractivity contribution in [1.29, 1.82) is 0 Å². The third kappa shape index (κ3) is 3.09. The van der Waals surface area contributed by atoms with Crippen molar-refractivity contribution in [2.45, 2.75) is 18.9 Å². The van der Waals surface area contributed by atoms with Crippen molar-refractivity contribution in [3.05, 3.63) is 28.0 Å². The summed E-state index contributed by atoms with van der Waals surface area (Å²) in [5.74, 6) is -0.278. The fourth-order valence-electron chi connectivity index (χ4n) is 1.72. The van der Waals surface area contributed by atoms with Gasteiger partial charge in [-0.3, -0.25) is 4.79 Å². The molecule has 1 aliphatic rings. The average molecular weight is 275 g/mol. The third-order valence-corrected chi connectivity index (χ3v) is 3.24. The van der Waals surface area contributed by atoms with Crippen molar-refractivity contribution in [3.8, 4) is 0 Å². The fraction of sp³-hybridized carbons (Fsp3) is 0.455. The van der Waals surface area contributed by atoms with Crippen LogP contribution in [0.3, 0.4) is 0 Å². The summed E-state index contributed by atoms with van der Waals surface area (Å²) in [5, 5.41) is 3.33. The number of hydrogen-bond acceptors (Lipinski definition) is 3. The normalized spacial score (nSPS) is 16.8. The van der Waals surface area contributed by atoms with E-state index in [9.17, 15) is 4.79 Å². The molecule has 0 spiro atoms. The largest absolute Gasteiger partial charge is 0.381 e. The molecule has 6 heteroatoms. The van der Waals surface area contributed by atoms with Crippen LogP contribution in [-0.4, -0.2) is 30.1 Å². The maximum absolute atomic E-state index is 12.0. The summed E-state index contributed by atoms with van der Waals surface area (Å²) in [4.78, 5) is 15.8. The zero-order valence-corrected chi connectivity index (χ0v) is 10.6. The lowest BCUT2D eigenvalue weighted by atomic mass is 10.1. The van der Waals surface area contributed by atoms with E-state index in [4.69, 9.17) is 27.9 Å². The fourth-order valence-corrected chi connectivity index (χ4v) is 2.24. The Morgan fingerprint density at radius 2 is 2.12 bits per heavy atom. The summed E-state index contributed by atoms with van der Waals surface area (Å²) in [5.41, 5.74) is 0.238. The molecule has 2 rings (SSSR count). The highest BCUT2D eigenvalue weighted by Crippen LogP contribution is 2.22. The standard InChI is InChI=1S/C11H12Cl2N2O2/c12-8-1-4-14-10(13)9(8)11(16)15-7-2-5-17-6-3-7/h1,4,7H,2-3,5-6H2,(H,15,16). The summed E-state index contributed by atoms with van der Waals surface area (Å²) < 4.78 is 5.22. The van der Waals surface area contributed by atoms with Crippen LogP contribution in [0.15, 0.2) is 12.3 Å². The molecule has 17 heavy (non-hydrogen) atoms. The number of nitrogens with zero attached hydrogens (tertiary/aromatic N) is 1. The first-order chi connectivity index (χ1) is 8.18. The third-order valence-electron chi connectivity index (χ3n) is 2.64. The summed E-state index contributed by atoms with van der Waals surface area (Å²) >= 11 is 11.8. The van der Waals surface area contributed by atoms with E-state index in [1.165, 1.54) is 6.20 Å². The molecule has 1 aliphatic heterocycles.